The van der Waals surface area contributed by atoms with Crippen molar-refractivity contribution in [2.45, 2.75) is 32.4 Å². The number of aliphatic hydroxyl groups is 1. The van der Waals surface area contributed by atoms with Crippen LogP contribution in [0, 0.1) is 0 Å². The van der Waals surface area contributed by atoms with Gasteiger partial charge in [-0.2, -0.15) is 0 Å². The van der Waals surface area contributed by atoms with Gasteiger partial charge in [0.1, 0.15) is 0 Å². The van der Waals surface area contributed by atoms with Crippen LogP contribution >= 0.6 is 11.3 Å². The molecule has 1 aromatic heterocycles. The van der Waals surface area contributed by atoms with Crippen molar-refractivity contribution in [2.24, 2.45) is 0 Å². The van der Waals surface area contributed by atoms with Gasteiger partial charge in [-0.3, -0.25) is 4.79 Å². The molecule has 1 atom stereocenters. The maximum Gasteiger partial charge on any atom is 0.308 e. The summed E-state index contributed by atoms with van der Waals surface area (Å²) in [5.74, 6) is -0.803. The Morgan fingerprint density at radius 1 is 1.50 bits per heavy atom. The van der Waals surface area contributed by atoms with Crippen molar-refractivity contribution in [2.75, 3.05) is 6.61 Å². The number of hydrogen-bond acceptors (Lipinski definition) is 4. The third-order valence-electron chi connectivity index (χ3n) is 2.32. The number of rotatable bonds is 7. The molecule has 3 N–H and O–H groups in total. The van der Waals surface area contributed by atoms with Crippen molar-refractivity contribution in [3.05, 3.63) is 21.9 Å². The van der Waals surface area contributed by atoms with Gasteiger partial charge in [0, 0.05) is 22.3 Å². The third-order valence-corrected chi connectivity index (χ3v) is 3.41. The second kappa shape index (κ2) is 6.62. The first-order chi connectivity index (χ1) is 7.65. The molecule has 0 spiro atoms. The maximum atomic E-state index is 10.5. The highest BCUT2D eigenvalue weighted by atomic mass is 32.1. The number of carboxylic acid groups (broad SMARTS) is 1. The summed E-state index contributed by atoms with van der Waals surface area (Å²) in [6.07, 6.45) is 0.964. The molecule has 4 nitrogen and oxygen atoms in total. The van der Waals surface area contributed by atoms with Crippen LogP contribution in [-0.2, 0) is 17.8 Å². The molecule has 0 radical (unpaired) electrons. The summed E-state index contributed by atoms with van der Waals surface area (Å²) >= 11 is 1.50. The average Bonchev–Trinajstić information content (AvgIpc) is 2.66. The molecular weight excluding hydrogens is 226 g/mol. The minimum absolute atomic E-state index is 0.0852. The second-order valence-electron chi connectivity index (χ2n) is 3.61. The zero-order chi connectivity index (χ0) is 12.0. The first kappa shape index (κ1) is 13.2. The van der Waals surface area contributed by atoms with E-state index in [9.17, 15) is 4.79 Å². The van der Waals surface area contributed by atoms with Crippen LogP contribution in [0.25, 0.3) is 0 Å². The Hall–Kier alpha value is -0.910. The fourth-order valence-corrected chi connectivity index (χ4v) is 2.30. The molecule has 5 heteroatoms. The lowest BCUT2D eigenvalue weighted by Crippen LogP contribution is -2.30. The van der Waals surface area contributed by atoms with E-state index in [1.54, 1.807) is 0 Å². The van der Waals surface area contributed by atoms with Crippen LogP contribution in [0.4, 0.5) is 0 Å². The number of thiophene rings is 1. The summed E-state index contributed by atoms with van der Waals surface area (Å²) < 4.78 is 0. The second-order valence-corrected chi connectivity index (χ2v) is 4.86. The minimum atomic E-state index is -0.803. The lowest BCUT2D eigenvalue weighted by atomic mass is 10.2. The fourth-order valence-electron chi connectivity index (χ4n) is 1.34. The van der Waals surface area contributed by atoms with Crippen molar-refractivity contribution in [3.8, 4) is 0 Å². The average molecular weight is 243 g/mol. The molecule has 16 heavy (non-hydrogen) atoms. The van der Waals surface area contributed by atoms with Crippen LogP contribution in [-0.4, -0.2) is 28.8 Å². The van der Waals surface area contributed by atoms with Gasteiger partial charge in [-0.15, -0.1) is 11.3 Å². The number of hydrogen-bond donors (Lipinski definition) is 3. The number of carboxylic acids is 1. The summed E-state index contributed by atoms with van der Waals surface area (Å²) in [4.78, 5) is 12.5. The van der Waals surface area contributed by atoms with E-state index in [-0.39, 0.29) is 19.1 Å². The highest BCUT2D eigenvalue weighted by Crippen LogP contribution is 2.17. The Morgan fingerprint density at radius 2 is 2.19 bits per heavy atom. The Labute approximate surface area is 98.9 Å². The predicted octanol–water partition coefficient (Wildman–Crippen LogP) is 1.24. The lowest BCUT2D eigenvalue weighted by Gasteiger charge is -2.12. The molecule has 0 bridgehead atoms. The monoisotopic (exact) mass is 243 g/mol. The quantitative estimate of drug-likeness (QED) is 0.674. The molecule has 0 aromatic carbocycles. The van der Waals surface area contributed by atoms with E-state index in [4.69, 9.17) is 10.2 Å². The molecule has 90 valence electrons. The lowest BCUT2D eigenvalue weighted by molar-refractivity contribution is -0.136. The van der Waals surface area contributed by atoms with E-state index >= 15 is 0 Å². The van der Waals surface area contributed by atoms with Crippen LogP contribution in [0.3, 0.4) is 0 Å². The molecule has 1 rings (SSSR count). The largest absolute Gasteiger partial charge is 0.481 e. The summed E-state index contributed by atoms with van der Waals surface area (Å²) in [5, 5.41) is 20.8. The Bertz CT molecular complexity index is 334. The Morgan fingerprint density at radius 3 is 2.75 bits per heavy atom. The van der Waals surface area contributed by atoms with Crippen molar-refractivity contribution >= 4 is 17.3 Å². The van der Waals surface area contributed by atoms with Crippen molar-refractivity contribution in [1.29, 1.82) is 0 Å². The molecule has 0 saturated heterocycles. The standard InChI is InChI=1S/C11H17NO3S/c1-2-8(7-13)12-6-10-4-3-9(16-10)5-11(14)15/h3-4,8,12-13H,2,5-7H2,1H3,(H,14,15)/t8-/m0/s1. The molecule has 0 saturated carbocycles. The van der Waals surface area contributed by atoms with Gasteiger partial charge in [0.05, 0.1) is 13.0 Å². The summed E-state index contributed by atoms with van der Waals surface area (Å²) in [7, 11) is 0. The summed E-state index contributed by atoms with van der Waals surface area (Å²) in [5.41, 5.74) is 0. The summed E-state index contributed by atoms with van der Waals surface area (Å²) in [6, 6.07) is 3.89. The minimum Gasteiger partial charge on any atom is -0.481 e. The molecule has 0 amide bonds. The number of nitrogens with one attached hydrogen (secondary N) is 1. The molecule has 1 aromatic rings. The predicted molar refractivity (Wildman–Crippen MR) is 63.7 cm³/mol. The van der Waals surface area contributed by atoms with Crippen LogP contribution in [0.5, 0.6) is 0 Å². The maximum absolute atomic E-state index is 10.5. The van der Waals surface area contributed by atoms with Gasteiger partial charge >= 0.3 is 5.97 Å². The molecule has 0 aliphatic heterocycles. The van der Waals surface area contributed by atoms with Crippen LogP contribution < -0.4 is 5.32 Å². The Balaban J connectivity index is 2.42. The number of carbonyl (C=O) groups is 1. The van der Waals surface area contributed by atoms with E-state index in [1.165, 1.54) is 11.3 Å². The van der Waals surface area contributed by atoms with Crippen LogP contribution in [0.15, 0.2) is 12.1 Å². The van der Waals surface area contributed by atoms with E-state index in [0.717, 1.165) is 16.2 Å². The third kappa shape index (κ3) is 4.30. The van der Waals surface area contributed by atoms with Gasteiger partial charge in [-0.1, -0.05) is 6.92 Å². The van der Waals surface area contributed by atoms with Crippen molar-refractivity contribution in [3.63, 3.8) is 0 Å². The van der Waals surface area contributed by atoms with E-state index in [0.29, 0.717) is 6.54 Å². The normalized spacial score (nSPS) is 12.6. The molecule has 0 aliphatic rings. The molecular formula is C11H17NO3S. The SMILES string of the molecule is CC[C@@H](CO)NCc1ccc(CC(=O)O)s1. The van der Waals surface area contributed by atoms with Crippen molar-refractivity contribution < 1.29 is 15.0 Å². The van der Waals surface area contributed by atoms with Gasteiger partial charge in [0.15, 0.2) is 0 Å². The highest BCUT2D eigenvalue weighted by Gasteiger charge is 2.07. The zero-order valence-corrected chi connectivity index (χ0v) is 10.1. The summed E-state index contributed by atoms with van der Waals surface area (Å²) in [6.45, 7) is 2.82. The van der Waals surface area contributed by atoms with Gasteiger partial charge in [-0.05, 0) is 18.6 Å². The van der Waals surface area contributed by atoms with E-state index < -0.39 is 5.97 Å². The molecule has 0 aliphatic carbocycles. The first-order valence-corrected chi connectivity index (χ1v) is 6.11. The van der Waals surface area contributed by atoms with Gasteiger partial charge in [0.25, 0.3) is 0 Å². The van der Waals surface area contributed by atoms with Crippen molar-refractivity contribution in [1.82, 2.24) is 5.32 Å². The van der Waals surface area contributed by atoms with Gasteiger partial charge < -0.3 is 15.5 Å². The van der Waals surface area contributed by atoms with Crippen LogP contribution in [0.1, 0.15) is 23.1 Å². The molecule has 0 unspecified atom stereocenters. The number of aliphatic hydroxyl groups excluding tert-OH is 1. The molecule has 0 fully saturated rings. The van der Waals surface area contributed by atoms with Crippen LogP contribution in [0.2, 0.25) is 0 Å². The first-order valence-electron chi connectivity index (χ1n) is 5.29. The van der Waals surface area contributed by atoms with Gasteiger partial charge in [-0.25, -0.2) is 0 Å². The van der Waals surface area contributed by atoms with E-state index in [1.807, 2.05) is 19.1 Å². The van der Waals surface area contributed by atoms with E-state index in [2.05, 4.69) is 5.32 Å². The molecule has 1 heterocycles. The highest BCUT2D eigenvalue weighted by molar-refractivity contribution is 7.12. The topological polar surface area (TPSA) is 69.6 Å². The van der Waals surface area contributed by atoms with Gasteiger partial charge in [0.2, 0.25) is 0 Å². The number of aliphatic carboxylic acids is 1. The fraction of sp³-hybridized carbons (Fsp3) is 0.545. The Kier molecular flexibility index (Phi) is 5.45. The zero-order valence-electron chi connectivity index (χ0n) is 9.27. The smallest absolute Gasteiger partial charge is 0.308 e.